The molecule has 0 bridgehead atoms. The maximum atomic E-state index is 12.4. The molecule has 0 spiro atoms. The Morgan fingerprint density at radius 1 is 1.33 bits per heavy atom. The van der Waals surface area contributed by atoms with E-state index in [-0.39, 0.29) is 27.4 Å². The Labute approximate surface area is 164 Å². The molecule has 1 aromatic carbocycles. The number of likely N-dealkylation sites (tertiary alicyclic amines) is 1. The van der Waals surface area contributed by atoms with Crippen LogP contribution in [0.1, 0.15) is 36.5 Å². The first-order valence-corrected chi connectivity index (χ1v) is 10.3. The fourth-order valence-electron chi connectivity index (χ4n) is 2.83. The molecule has 0 N–H and O–H groups in total. The molecule has 1 heterocycles. The molecule has 1 aliphatic heterocycles. The van der Waals surface area contributed by atoms with Crippen molar-refractivity contribution in [1.29, 1.82) is 0 Å². The van der Waals surface area contributed by atoms with Crippen molar-refractivity contribution < 1.29 is 27.6 Å². The van der Waals surface area contributed by atoms with Gasteiger partial charge in [0.15, 0.2) is 6.61 Å². The number of piperidine rings is 1. The topological polar surface area (TPSA) is 93.2 Å². The first-order valence-electron chi connectivity index (χ1n) is 8.47. The second-order valence-electron chi connectivity index (χ2n) is 6.25. The molecule has 1 fully saturated rings. The smallest absolute Gasteiger partial charge is 0.338 e. The molecule has 1 atom stereocenters. The first-order chi connectivity index (χ1) is 12.7. The SMILES string of the molecule is CON(C)S(=O)(=O)c1cc(C(=O)OCC(=O)N2CCCC[C@@H]2C)ccc1Cl. The number of hydroxylamine groups is 1. The summed E-state index contributed by atoms with van der Waals surface area (Å²) in [4.78, 5) is 30.6. The van der Waals surface area contributed by atoms with Gasteiger partial charge in [-0.3, -0.25) is 9.63 Å². The molecule has 8 nitrogen and oxygen atoms in total. The molecule has 0 aromatic heterocycles. The van der Waals surface area contributed by atoms with Gasteiger partial charge in [0.25, 0.3) is 15.9 Å². The number of ether oxygens (including phenoxy) is 1. The highest BCUT2D eigenvalue weighted by atomic mass is 35.5. The minimum absolute atomic E-state index is 0.0260. The molecule has 1 amide bonds. The Morgan fingerprint density at radius 3 is 2.67 bits per heavy atom. The van der Waals surface area contributed by atoms with E-state index in [2.05, 4.69) is 0 Å². The quantitative estimate of drug-likeness (QED) is 0.518. The normalized spacial score (nSPS) is 17.8. The Hall–Kier alpha value is -1.68. The highest BCUT2D eigenvalue weighted by molar-refractivity contribution is 7.89. The average Bonchev–Trinajstić information content (AvgIpc) is 2.65. The molecule has 2 rings (SSSR count). The molecule has 1 aromatic rings. The van der Waals surface area contributed by atoms with Gasteiger partial charge < -0.3 is 9.64 Å². The van der Waals surface area contributed by atoms with Crippen LogP contribution in [0.2, 0.25) is 5.02 Å². The number of halogens is 1. The van der Waals surface area contributed by atoms with Gasteiger partial charge in [0, 0.05) is 19.6 Å². The number of amides is 1. The molecule has 1 aliphatic rings. The van der Waals surface area contributed by atoms with Gasteiger partial charge in [-0.2, -0.15) is 0 Å². The summed E-state index contributed by atoms with van der Waals surface area (Å²) in [6, 6.07) is 3.83. The molecule has 0 aliphatic carbocycles. The van der Waals surface area contributed by atoms with Crippen LogP contribution in [-0.2, 0) is 24.4 Å². The van der Waals surface area contributed by atoms with E-state index in [0.29, 0.717) is 11.0 Å². The Balaban J connectivity index is 2.11. The van der Waals surface area contributed by atoms with Crippen molar-refractivity contribution in [3.8, 4) is 0 Å². The summed E-state index contributed by atoms with van der Waals surface area (Å²) in [5.41, 5.74) is -0.0260. The van der Waals surface area contributed by atoms with E-state index in [1.165, 1.54) is 26.3 Å². The molecule has 0 radical (unpaired) electrons. The van der Waals surface area contributed by atoms with Crippen LogP contribution in [0.25, 0.3) is 0 Å². The van der Waals surface area contributed by atoms with Crippen LogP contribution in [0.3, 0.4) is 0 Å². The molecular formula is C17H23ClN2O6S. The van der Waals surface area contributed by atoms with Crippen molar-refractivity contribution in [2.45, 2.75) is 37.1 Å². The van der Waals surface area contributed by atoms with Crippen molar-refractivity contribution in [3.05, 3.63) is 28.8 Å². The van der Waals surface area contributed by atoms with Crippen molar-refractivity contribution in [3.63, 3.8) is 0 Å². The number of esters is 1. The minimum Gasteiger partial charge on any atom is -0.452 e. The number of benzene rings is 1. The number of hydrogen-bond donors (Lipinski definition) is 0. The average molecular weight is 419 g/mol. The summed E-state index contributed by atoms with van der Waals surface area (Å²) >= 11 is 5.96. The second kappa shape index (κ2) is 9.01. The van der Waals surface area contributed by atoms with E-state index in [1.807, 2.05) is 6.92 Å². The first kappa shape index (κ1) is 21.6. The number of hydrogen-bond acceptors (Lipinski definition) is 6. The number of nitrogens with zero attached hydrogens (tertiary/aromatic N) is 2. The van der Waals surface area contributed by atoms with Crippen molar-refractivity contribution in [2.75, 3.05) is 27.3 Å². The van der Waals surface area contributed by atoms with Crippen LogP contribution in [0.4, 0.5) is 0 Å². The van der Waals surface area contributed by atoms with Crippen LogP contribution >= 0.6 is 11.6 Å². The van der Waals surface area contributed by atoms with Gasteiger partial charge in [0.2, 0.25) is 0 Å². The highest BCUT2D eigenvalue weighted by Gasteiger charge is 2.27. The largest absolute Gasteiger partial charge is 0.452 e. The lowest BCUT2D eigenvalue weighted by Crippen LogP contribution is -2.44. The summed E-state index contributed by atoms with van der Waals surface area (Å²) in [6.45, 7) is 2.21. The van der Waals surface area contributed by atoms with E-state index in [9.17, 15) is 18.0 Å². The van der Waals surface area contributed by atoms with Gasteiger partial charge in [-0.05, 0) is 44.4 Å². The molecule has 10 heteroatoms. The molecular weight excluding hydrogens is 396 g/mol. The Morgan fingerprint density at radius 2 is 2.04 bits per heavy atom. The number of carbonyl (C=O) groups is 2. The lowest BCUT2D eigenvalue weighted by Gasteiger charge is -2.33. The van der Waals surface area contributed by atoms with E-state index >= 15 is 0 Å². The van der Waals surface area contributed by atoms with Crippen molar-refractivity contribution in [2.24, 2.45) is 0 Å². The summed E-state index contributed by atoms with van der Waals surface area (Å²) < 4.78 is 30.4. The zero-order chi connectivity index (χ0) is 20.2. The predicted octanol–water partition coefficient (Wildman–Crippen LogP) is 2.08. The van der Waals surface area contributed by atoms with Crippen LogP contribution in [0.15, 0.2) is 23.1 Å². The Bertz CT molecular complexity index is 814. The lowest BCUT2D eigenvalue weighted by atomic mass is 10.0. The molecule has 1 saturated heterocycles. The van der Waals surface area contributed by atoms with Gasteiger partial charge in [-0.25, -0.2) is 13.2 Å². The van der Waals surface area contributed by atoms with E-state index in [0.717, 1.165) is 25.3 Å². The minimum atomic E-state index is -4.04. The third-order valence-corrected chi connectivity index (χ3v) is 6.65. The van der Waals surface area contributed by atoms with Crippen molar-refractivity contribution >= 4 is 33.5 Å². The Kier molecular flexibility index (Phi) is 7.21. The summed E-state index contributed by atoms with van der Waals surface area (Å²) in [5, 5.41) is -0.0614. The number of sulfonamides is 1. The summed E-state index contributed by atoms with van der Waals surface area (Å²) in [5.74, 6) is -1.07. The maximum Gasteiger partial charge on any atom is 0.338 e. The fraction of sp³-hybridized carbons (Fsp3) is 0.529. The number of carbonyl (C=O) groups excluding carboxylic acids is 2. The molecule has 0 saturated carbocycles. The third kappa shape index (κ3) is 4.98. The van der Waals surface area contributed by atoms with E-state index < -0.39 is 22.6 Å². The van der Waals surface area contributed by atoms with Crippen LogP contribution in [0.5, 0.6) is 0 Å². The lowest BCUT2D eigenvalue weighted by molar-refractivity contribution is -0.137. The summed E-state index contributed by atoms with van der Waals surface area (Å²) in [6.07, 6.45) is 2.92. The molecule has 0 unspecified atom stereocenters. The van der Waals surface area contributed by atoms with Crippen LogP contribution in [-0.4, -0.2) is 63.0 Å². The summed E-state index contributed by atoms with van der Waals surface area (Å²) in [7, 11) is -1.64. The highest BCUT2D eigenvalue weighted by Crippen LogP contribution is 2.25. The standard InChI is InChI=1S/C17H23ClN2O6S/c1-12-6-4-5-9-20(12)16(21)11-26-17(22)13-7-8-14(18)15(10-13)27(23,24)19(2)25-3/h7-8,10,12H,4-6,9,11H2,1-3H3/t12-/m0/s1. The molecule has 150 valence electrons. The van der Waals surface area contributed by atoms with Gasteiger partial charge >= 0.3 is 5.97 Å². The monoisotopic (exact) mass is 418 g/mol. The van der Waals surface area contributed by atoms with Crippen LogP contribution < -0.4 is 0 Å². The third-order valence-electron chi connectivity index (χ3n) is 4.49. The van der Waals surface area contributed by atoms with Gasteiger partial charge in [0.05, 0.1) is 17.7 Å². The van der Waals surface area contributed by atoms with Crippen LogP contribution in [0, 0.1) is 0 Å². The predicted molar refractivity (Wildman–Crippen MR) is 98.7 cm³/mol. The fourth-order valence-corrected chi connectivity index (χ4v) is 4.30. The van der Waals surface area contributed by atoms with Gasteiger partial charge in [-0.15, -0.1) is 0 Å². The van der Waals surface area contributed by atoms with E-state index in [1.54, 1.807) is 4.90 Å². The van der Waals surface area contributed by atoms with Gasteiger partial charge in [0.1, 0.15) is 4.90 Å². The number of rotatable bonds is 6. The zero-order valence-electron chi connectivity index (χ0n) is 15.5. The molecule has 27 heavy (non-hydrogen) atoms. The van der Waals surface area contributed by atoms with Gasteiger partial charge in [-0.1, -0.05) is 16.1 Å². The zero-order valence-corrected chi connectivity index (χ0v) is 17.0. The second-order valence-corrected chi connectivity index (χ2v) is 8.56. The van der Waals surface area contributed by atoms with Crippen molar-refractivity contribution in [1.82, 2.24) is 9.37 Å². The van der Waals surface area contributed by atoms with E-state index in [4.69, 9.17) is 21.2 Å². The maximum absolute atomic E-state index is 12.4.